The third-order valence-electron chi connectivity index (χ3n) is 4.14. The molecular formula is C18H21N3O5S2. The van der Waals surface area contributed by atoms with Crippen LogP contribution in [0, 0.1) is 0 Å². The average molecular weight is 424 g/mol. The van der Waals surface area contributed by atoms with E-state index in [0.717, 1.165) is 0 Å². The van der Waals surface area contributed by atoms with E-state index in [4.69, 9.17) is 4.74 Å². The van der Waals surface area contributed by atoms with Gasteiger partial charge in [0.15, 0.2) is 0 Å². The molecule has 150 valence electrons. The van der Waals surface area contributed by atoms with Gasteiger partial charge in [-0.2, -0.15) is 4.31 Å². The molecule has 1 aromatic heterocycles. The number of benzene rings is 1. The van der Waals surface area contributed by atoms with E-state index >= 15 is 0 Å². The Morgan fingerprint density at radius 1 is 1.11 bits per heavy atom. The van der Waals surface area contributed by atoms with Crippen LogP contribution in [0.4, 0.5) is 5.69 Å². The van der Waals surface area contributed by atoms with Crippen molar-refractivity contribution in [1.82, 2.24) is 9.62 Å². The van der Waals surface area contributed by atoms with Gasteiger partial charge in [-0.15, -0.1) is 11.3 Å². The summed E-state index contributed by atoms with van der Waals surface area (Å²) >= 11 is 1.33. The van der Waals surface area contributed by atoms with Gasteiger partial charge < -0.3 is 15.4 Å². The molecule has 8 nitrogen and oxygen atoms in total. The van der Waals surface area contributed by atoms with E-state index in [1.165, 1.54) is 15.6 Å². The van der Waals surface area contributed by atoms with Crippen LogP contribution in [-0.2, 0) is 14.8 Å². The summed E-state index contributed by atoms with van der Waals surface area (Å²) in [5, 5.41) is 7.16. The molecule has 10 heteroatoms. The number of sulfonamides is 1. The lowest BCUT2D eigenvalue weighted by atomic mass is 10.2. The molecule has 1 saturated heterocycles. The third-order valence-corrected chi connectivity index (χ3v) is 6.88. The predicted octanol–water partition coefficient (Wildman–Crippen LogP) is 1.39. The number of hydrogen-bond donors (Lipinski definition) is 2. The zero-order valence-corrected chi connectivity index (χ0v) is 16.7. The molecule has 2 heterocycles. The largest absolute Gasteiger partial charge is 0.379 e. The maximum absolute atomic E-state index is 12.3. The number of nitrogens with zero attached hydrogens (tertiary/aromatic N) is 1. The van der Waals surface area contributed by atoms with Crippen molar-refractivity contribution < 1.29 is 22.7 Å². The quantitative estimate of drug-likeness (QED) is 0.700. The first-order chi connectivity index (χ1) is 13.5. The van der Waals surface area contributed by atoms with Crippen molar-refractivity contribution in [2.24, 2.45) is 0 Å². The Morgan fingerprint density at radius 2 is 1.89 bits per heavy atom. The molecule has 0 spiro atoms. The highest BCUT2D eigenvalue weighted by Gasteiger charge is 2.24. The van der Waals surface area contributed by atoms with E-state index in [0.29, 0.717) is 42.4 Å². The van der Waals surface area contributed by atoms with E-state index in [2.05, 4.69) is 10.6 Å². The van der Waals surface area contributed by atoms with Gasteiger partial charge in [-0.25, -0.2) is 8.42 Å². The van der Waals surface area contributed by atoms with Crippen LogP contribution in [-0.4, -0.2) is 63.1 Å². The molecule has 2 aromatic rings. The third kappa shape index (κ3) is 5.38. The molecule has 0 radical (unpaired) electrons. The van der Waals surface area contributed by atoms with Crippen molar-refractivity contribution in [3.8, 4) is 0 Å². The monoisotopic (exact) mass is 423 g/mol. The molecule has 3 rings (SSSR count). The van der Waals surface area contributed by atoms with Crippen LogP contribution in [0.1, 0.15) is 20.0 Å². The van der Waals surface area contributed by atoms with Crippen molar-refractivity contribution >= 4 is 38.9 Å². The number of nitrogens with one attached hydrogen (secondary N) is 2. The van der Waals surface area contributed by atoms with E-state index in [9.17, 15) is 18.0 Å². The minimum atomic E-state index is -3.43. The number of hydrogen-bond acceptors (Lipinski definition) is 6. The van der Waals surface area contributed by atoms with E-state index < -0.39 is 15.9 Å². The van der Waals surface area contributed by atoms with Gasteiger partial charge in [0, 0.05) is 30.9 Å². The van der Waals surface area contributed by atoms with Gasteiger partial charge in [0.05, 0.1) is 23.8 Å². The first-order valence-electron chi connectivity index (χ1n) is 8.74. The summed E-state index contributed by atoms with van der Waals surface area (Å²) in [5.41, 5.74) is 0.833. The number of rotatable bonds is 7. The minimum absolute atomic E-state index is 0.00427. The topological polar surface area (TPSA) is 105 Å². The molecule has 0 atom stereocenters. The number of anilines is 1. The zero-order chi connectivity index (χ0) is 20.0. The summed E-state index contributed by atoms with van der Waals surface area (Å²) in [6.45, 7) is 1.44. The van der Waals surface area contributed by atoms with Crippen LogP contribution < -0.4 is 10.6 Å². The van der Waals surface area contributed by atoms with Gasteiger partial charge in [0.25, 0.3) is 11.8 Å². The molecule has 0 aliphatic carbocycles. The molecule has 2 amide bonds. The van der Waals surface area contributed by atoms with Crippen molar-refractivity contribution in [2.45, 2.75) is 0 Å². The molecule has 2 N–H and O–H groups in total. The van der Waals surface area contributed by atoms with Crippen LogP contribution in [0.2, 0.25) is 0 Å². The molecular weight excluding hydrogens is 402 g/mol. The summed E-state index contributed by atoms with van der Waals surface area (Å²) in [6, 6.07) is 10.00. The standard InChI is InChI=1S/C18H21N3O5S2/c22-17(19-6-12-28(24,25)21-7-9-26-10-8-21)14-3-1-4-15(13-14)20-18(23)16-5-2-11-27-16/h1-5,11,13H,6-10,12H2,(H,19,22)(H,20,23). The molecule has 1 fully saturated rings. The summed E-state index contributed by atoms with van der Waals surface area (Å²) in [4.78, 5) is 25.0. The molecule has 0 unspecified atom stereocenters. The van der Waals surface area contributed by atoms with Crippen molar-refractivity contribution in [1.29, 1.82) is 0 Å². The normalized spacial score (nSPS) is 15.1. The predicted molar refractivity (Wildman–Crippen MR) is 107 cm³/mol. The number of morpholine rings is 1. The first kappa shape index (κ1) is 20.5. The summed E-state index contributed by atoms with van der Waals surface area (Å²) < 4.78 is 31.1. The maximum Gasteiger partial charge on any atom is 0.265 e. The fourth-order valence-corrected chi connectivity index (χ4v) is 4.63. The highest BCUT2D eigenvalue weighted by Crippen LogP contribution is 2.15. The molecule has 1 aliphatic rings. The average Bonchev–Trinajstić information content (AvgIpc) is 3.24. The smallest absolute Gasteiger partial charge is 0.265 e. The number of amides is 2. The van der Waals surface area contributed by atoms with Gasteiger partial charge in [-0.1, -0.05) is 12.1 Å². The number of carbonyl (C=O) groups excluding carboxylic acids is 2. The Labute approximate surface area is 167 Å². The second-order valence-electron chi connectivity index (χ2n) is 6.10. The lowest BCUT2D eigenvalue weighted by Crippen LogP contribution is -2.43. The van der Waals surface area contributed by atoms with Crippen LogP contribution in [0.25, 0.3) is 0 Å². The summed E-state index contributed by atoms with van der Waals surface area (Å²) in [7, 11) is -3.43. The minimum Gasteiger partial charge on any atom is -0.379 e. The zero-order valence-electron chi connectivity index (χ0n) is 15.1. The van der Waals surface area contributed by atoms with E-state index in [1.807, 2.05) is 5.38 Å². The molecule has 1 aliphatic heterocycles. The summed E-state index contributed by atoms with van der Waals surface area (Å²) in [6.07, 6.45) is 0. The lowest BCUT2D eigenvalue weighted by molar-refractivity contribution is 0.0730. The molecule has 0 saturated carbocycles. The maximum atomic E-state index is 12.3. The van der Waals surface area contributed by atoms with Crippen molar-refractivity contribution in [3.05, 3.63) is 52.2 Å². The Bertz CT molecular complexity index is 922. The Hall–Kier alpha value is -2.27. The van der Waals surface area contributed by atoms with Crippen LogP contribution >= 0.6 is 11.3 Å². The highest BCUT2D eigenvalue weighted by molar-refractivity contribution is 7.89. The van der Waals surface area contributed by atoms with E-state index in [1.54, 1.807) is 36.4 Å². The fourth-order valence-electron chi connectivity index (χ4n) is 2.69. The number of thiophene rings is 1. The van der Waals surface area contributed by atoms with Gasteiger partial charge in [-0.3, -0.25) is 9.59 Å². The second kappa shape index (κ2) is 9.28. The molecule has 0 bridgehead atoms. The van der Waals surface area contributed by atoms with Gasteiger partial charge in [0.1, 0.15) is 0 Å². The highest BCUT2D eigenvalue weighted by atomic mass is 32.2. The Morgan fingerprint density at radius 3 is 2.61 bits per heavy atom. The van der Waals surface area contributed by atoms with E-state index in [-0.39, 0.29) is 18.2 Å². The first-order valence-corrected chi connectivity index (χ1v) is 11.2. The van der Waals surface area contributed by atoms with Crippen molar-refractivity contribution in [2.75, 3.05) is 43.9 Å². The SMILES string of the molecule is O=C(NCCS(=O)(=O)N1CCOCC1)c1cccc(NC(=O)c2cccs2)c1. The van der Waals surface area contributed by atoms with Gasteiger partial charge in [-0.05, 0) is 29.6 Å². The van der Waals surface area contributed by atoms with Gasteiger partial charge in [0.2, 0.25) is 10.0 Å². The molecule has 28 heavy (non-hydrogen) atoms. The number of carbonyl (C=O) groups is 2. The lowest BCUT2D eigenvalue weighted by Gasteiger charge is -2.26. The van der Waals surface area contributed by atoms with Crippen molar-refractivity contribution in [3.63, 3.8) is 0 Å². The van der Waals surface area contributed by atoms with Crippen LogP contribution in [0.15, 0.2) is 41.8 Å². The fraction of sp³-hybridized carbons (Fsp3) is 0.333. The van der Waals surface area contributed by atoms with Crippen LogP contribution in [0.5, 0.6) is 0 Å². The van der Waals surface area contributed by atoms with Crippen LogP contribution in [0.3, 0.4) is 0 Å². The second-order valence-corrected chi connectivity index (χ2v) is 9.13. The Balaban J connectivity index is 1.53. The molecule has 1 aromatic carbocycles. The Kier molecular flexibility index (Phi) is 6.79. The summed E-state index contributed by atoms with van der Waals surface area (Å²) in [5.74, 6) is -0.818. The van der Waals surface area contributed by atoms with Gasteiger partial charge >= 0.3 is 0 Å². The number of ether oxygens (including phenoxy) is 1.